The van der Waals surface area contributed by atoms with Gasteiger partial charge < -0.3 is 4.74 Å². The second-order valence-electron chi connectivity index (χ2n) is 10.0. The molecular formula is C25H44O2. The van der Waals surface area contributed by atoms with Crippen LogP contribution in [-0.2, 0) is 9.53 Å². The molecule has 2 fully saturated rings. The highest BCUT2D eigenvalue weighted by Crippen LogP contribution is 2.66. The SMILES string of the molecule is C=C(CCCCCCCCCCCC)C(=O)OC1C[C@H]2CC[C@@]1(C)C2(C)C. The molecule has 2 saturated carbocycles. The van der Waals surface area contributed by atoms with Gasteiger partial charge in [-0.05, 0) is 43.4 Å². The first kappa shape index (κ1) is 22.5. The Morgan fingerprint density at radius 1 is 0.963 bits per heavy atom. The van der Waals surface area contributed by atoms with Crippen LogP contribution in [0.5, 0.6) is 0 Å². The van der Waals surface area contributed by atoms with Crippen molar-refractivity contribution >= 4 is 5.97 Å². The van der Waals surface area contributed by atoms with E-state index in [1.165, 1.54) is 70.6 Å². The quantitative estimate of drug-likeness (QED) is 0.188. The summed E-state index contributed by atoms with van der Waals surface area (Å²) in [5, 5.41) is 0. The van der Waals surface area contributed by atoms with Crippen LogP contribution in [0.1, 0.15) is 118 Å². The zero-order valence-electron chi connectivity index (χ0n) is 18.6. The maximum atomic E-state index is 12.5. The van der Waals surface area contributed by atoms with Gasteiger partial charge in [0.15, 0.2) is 0 Å². The lowest BCUT2D eigenvalue weighted by molar-refractivity contribution is -0.152. The minimum atomic E-state index is -0.138. The average Bonchev–Trinajstić information content (AvgIpc) is 2.96. The van der Waals surface area contributed by atoms with Gasteiger partial charge in [-0.2, -0.15) is 0 Å². The van der Waals surface area contributed by atoms with Gasteiger partial charge in [0.1, 0.15) is 6.10 Å². The molecule has 0 spiro atoms. The molecule has 3 atom stereocenters. The van der Waals surface area contributed by atoms with E-state index in [2.05, 4.69) is 34.3 Å². The average molecular weight is 377 g/mol. The highest BCUT2D eigenvalue weighted by Gasteiger charge is 2.62. The molecule has 0 aromatic carbocycles. The largest absolute Gasteiger partial charge is 0.458 e. The van der Waals surface area contributed by atoms with Gasteiger partial charge in [-0.1, -0.05) is 92.1 Å². The number of hydrogen-bond acceptors (Lipinski definition) is 2. The van der Waals surface area contributed by atoms with Crippen LogP contribution in [0.4, 0.5) is 0 Å². The molecule has 2 aliphatic carbocycles. The number of carbonyl (C=O) groups is 1. The van der Waals surface area contributed by atoms with Gasteiger partial charge in [-0.3, -0.25) is 0 Å². The third-order valence-electron chi connectivity index (χ3n) is 8.08. The molecule has 0 amide bonds. The molecule has 0 aliphatic heterocycles. The van der Waals surface area contributed by atoms with Crippen molar-refractivity contribution in [2.75, 3.05) is 0 Å². The summed E-state index contributed by atoms with van der Waals surface area (Å²) in [4.78, 5) is 12.5. The number of carbonyl (C=O) groups excluding carboxylic acids is 1. The first-order valence-electron chi connectivity index (χ1n) is 11.7. The lowest BCUT2D eigenvalue weighted by atomic mass is 9.70. The van der Waals surface area contributed by atoms with Crippen LogP contribution in [0, 0.1) is 16.7 Å². The van der Waals surface area contributed by atoms with E-state index in [0.29, 0.717) is 11.5 Å². The van der Waals surface area contributed by atoms with Crippen molar-refractivity contribution < 1.29 is 9.53 Å². The molecule has 0 aromatic rings. The van der Waals surface area contributed by atoms with Crippen LogP contribution in [0.25, 0.3) is 0 Å². The topological polar surface area (TPSA) is 26.3 Å². The summed E-state index contributed by atoms with van der Waals surface area (Å²) in [7, 11) is 0. The van der Waals surface area contributed by atoms with E-state index in [4.69, 9.17) is 4.74 Å². The van der Waals surface area contributed by atoms with E-state index in [1.807, 2.05) is 0 Å². The molecule has 0 N–H and O–H groups in total. The number of unbranched alkanes of at least 4 members (excludes halogenated alkanes) is 9. The molecule has 0 aromatic heterocycles. The molecule has 27 heavy (non-hydrogen) atoms. The van der Waals surface area contributed by atoms with Crippen LogP contribution in [-0.4, -0.2) is 12.1 Å². The summed E-state index contributed by atoms with van der Waals surface area (Å²) < 4.78 is 5.95. The van der Waals surface area contributed by atoms with Crippen molar-refractivity contribution in [3.8, 4) is 0 Å². The summed E-state index contributed by atoms with van der Waals surface area (Å²) >= 11 is 0. The molecule has 156 valence electrons. The van der Waals surface area contributed by atoms with Gasteiger partial charge in [0.25, 0.3) is 0 Å². The fourth-order valence-corrected chi connectivity index (χ4v) is 5.45. The van der Waals surface area contributed by atoms with Gasteiger partial charge in [-0.15, -0.1) is 0 Å². The highest BCUT2D eigenvalue weighted by molar-refractivity contribution is 5.87. The standard InChI is InChI=1S/C25H44O2/c1-6-7-8-9-10-11-12-13-14-15-16-20(2)23(26)27-22-19-21-17-18-25(22,5)24(21,3)4/h21-22H,2,6-19H2,1,3-5H3/t21-,22?,25-/m1/s1. The molecule has 2 bridgehead atoms. The fourth-order valence-electron chi connectivity index (χ4n) is 5.45. The fraction of sp³-hybridized carbons (Fsp3) is 0.880. The second-order valence-corrected chi connectivity index (χ2v) is 10.0. The Labute approximate surface area is 168 Å². The van der Waals surface area contributed by atoms with Crippen molar-refractivity contribution in [1.82, 2.24) is 0 Å². The molecule has 2 aliphatic rings. The third-order valence-corrected chi connectivity index (χ3v) is 8.08. The normalized spacial score (nSPS) is 28.4. The van der Waals surface area contributed by atoms with E-state index >= 15 is 0 Å². The predicted molar refractivity (Wildman–Crippen MR) is 115 cm³/mol. The third kappa shape index (κ3) is 5.39. The highest BCUT2D eigenvalue weighted by atomic mass is 16.5. The van der Waals surface area contributed by atoms with Gasteiger partial charge in [0.05, 0.1) is 0 Å². The zero-order valence-corrected chi connectivity index (χ0v) is 18.6. The Morgan fingerprint density at radius 2 is 1.52 bits per heavy atom. The van der Waals surface area contributed by atoms with Gasteiger partial charge >= 0.3 is 5.97 Å². The van der Waals surface area contributed by atoms with Crippen molar-refractivity contribution in [3.63, 3.8) is 0 Å². The van der Waals surface area contributed by atoms with Crippen LogP contribution >= 0.6 is 0 Å². The first-order chi connectivity index (χ1) is 12.8. The molecule has 0 saturated heterocycles. The summed E-state index contributed by atoms with van der Waals surface area (Å²) in [5.74, 6) is 0.566. The van der Waals surface area contributed by atoms with Crippen molar-refractivity contribution in [2.24, 2.45) is 16.7 Å². The van der Waals surface area contributed by atoms with E-state index < -0.39 is 0 Å². The van der Waals surface area contributed by atoms with Crippen molar-refractivity contribution in [1.29, 1.82) is 0 Å². The van der Waals surface area contributed by atoms with E-state index in [1.54, 1.807) is 0 Å². The summed E-state index contributed by atoms with van der Waals surface area (Å²) in [6.07, 6.45) is 17.6. The number of esters is 1. The van der Waals surface area contributed by atoms with Gasteiger partial charge in [0.2, 0.25) is 0 Å². The van der Waals surface area contributed by atoms with Crippen LogP contribution in [0.2, 0.25) is 0 Å². The second kappa shape index (κ2) is 10.1. The number of hydrogen-bond donors (Lipinski definition) is 0. The lowest BCUT2D eigenvalue weighted by Crippen LogP contribution is -2.38. The summed E-state index contributed by atoms with van der Waals surface area (Å²) in [6.45, 7) is 13.3. The molecule has 1 unspecified atom stereocenters. The minimum absolute atomic E-state index is 0.0863. The maximum Gasteiger partial charge on any atom is 0.333 e. The smallest absolute Gasteiger partial charge is 0.333 e. The van der Waals surface area contributed by atoms with Crippen molar-refractivity contribution in [3.05, 3.63) is 12.2 Å². The predicted octanol–water partition coefficient (Wildman–Crippen LogP) is 7.61. The molecule has 0 heterocycles. The Hall–Kier alpha value is -0.790. The lowest BCUT2D eigenvalue weighted by Gasteiger charge is -2.38. The van der Waals surface area contributed by atoms with Crippen molar-refractivity contribution in [2.45, 2.75) is 124 Å². The molecule has 2 rings (SSSR count). The molecule has 0 radical (unpaired) electrons. The Morgan fingerprint density at radius 3 is 2.00 bits per heavy atom. The molecule has 2 heteroatoms. The first-order valence-corrected chi connectivity index (χ1v) is 11.7. The summed E-state index contributed by atoms with van der Waals surface area (Å²) in [6, 6.07) is 0. The van der Waals surface area contributed by atoms with E-state index in [9.17, 15) is 4.79 Å². The minimum Gasteiger partial charge on any atom is -0.458 e. The molecule has 2 nitrogen and oxygen atoms in total. The monoisotopic (exact) mass is 376 g/mol. The number of rotatable bonds is 13. The molecular weight excluding hydrogens is 332 g/mol. The van der Waals surface area contributed by atoms with Crippen LogP contribution < -0.4 is 0 Å². The van der Waals surface area contributed by atoms with Gasteiger partial charge in [-0.25, -0.2) is 4.79 Å². The Balaban J connectivity index is 1.56. The van der Waals surface area contributed by atoms with Gasteiger partial charge in [0, 0.05) is 11.0 Å². The Bertz CT molecular complexity index is 493. The number of fused-ring (bicyclic) bond motifs is 2. The summed E-state index contributed by atoms with van der Waals surface area (Å²) in [5.41, 5.74) is 1.11. The van der Waals surface area contributed by atoms with E-state index in [-0.39, 0.29) is 22.9 Å². The van der Waals surface area contributed by atoms with Crippen LogP contribution in [0.3, 0.4) is 0 Å². The van der Waals surface area contributed by atoms with E-state index in [0.717, 1.165) is 19.3 Å². The zero-order chi connectivity index (χ0) is 19.9. The Kier molecular flexibility index (Phi) is 8.43. The van der Waals surface area contributed by atoms with Crippen LogP contribution in [0.15, 0.2) is 12.2 Å². The maximum absolute atomic E-state index is 12.5. The number of ether oxygens (including phenoxy) is 1.